The number of aliphatic hydroxyl groups excluding tert-OH is 1. The Kier molecular flexibility index (Phi) is 7.54. The SMILES string of the molecule is COc1cc(/C(O)=C2\C(=O)C(=O)N(Cc3cccnc3)C2c2cc(OC)c(OC)c(OC)c2)ccc1Cl. The zero-order valence-corrected chi connectivity index (χ0v) is 21.4. The molecule has 1 N–H and O–H groups in total. The van der Waals surface area contributed by atoms with E-state index in [9.17, 15) is 14.7 Å². The highest BCUT2D eigenvalue weighted by Gasteiger charge is 2.46. The third-order valence-corrected chi connectivity index (χ3v) is 6.36. The van der Waals surface area contributed by atoms with Crippen molar-refractivity contribution in [1.82, 2.24) is 9.88 Å². The summed E-state index contributed by atoms with van der Waals surface area (Å²) in [4.78, 5) is 32.2. The number of nitrogens with zero attached hydrogens (tertiary/aromatic N) is 2. The first kappa shape index (κ1) is 25.8. The van der Waals surface area contributed by atoms with Gasteiger partial charge in [0.05, 0.1) is 45.1 Å². The molecular formula is C27H25ClN2O7. The minimum absolute atomic E-state index is 0.0699. The lowest BCUT2D eigenvalue weighted by molar-refractivity contribution is -0.140. The van der Waals surface area contributed by atoms with Gasteiger partial charge in [0.2, 0.25) is 5.75 Å². The molecule has 0 radical (unpaired) electrons. The maximum Gasteiger partial charge on any atom is 0.295 e. The molecule has 1 atom stereocenters. The monoisotopic (exact) mass is 524 g/mol. The van der Waals surface area contributed by atoms with Gasteiger partial charge < -0.3 is 29.0 Å². The molecule has 9 nitrogen and oxygen atoms in total. The molecular weight excluding hydrogens is 500 g/mol. The van der Waals surface area contributed by atoms with E-state index < -0.39 is 17.7 Å². The van der Waals surface area contributed by atoms with Crippen LogP contribution in [0.4, 0.5) is 0 Å². The number of rotatable bonds is 8. The summed E-state index contributed by atoms with van der Waals surface area (Å²) in [6.45, 7) is 0.0699. The molecule has 1 aliphatic rings. The molecule has 0 bridgehead atoms. The van der Waals surface area contributed by atoms with Crippen molar-refractivity contribution < 1.29 is 33.6 Å². The van der Waals surface area contributed by atoms with E-state index in [4.69, 9.17) is 30.5 Å². The van der Waals surface area contributed by atoms with Gasteiger partial charge in [-0.3, -0.25) is 14.6 Å². The summed E-state index contributed by atoms with van der Waals surface area (Å²) in [6.07, 6.45) is 3.22. The lowest BCUT2D eigenvalue weighted by Gasteiger charge is -2.26. The Bertz CT molecular complexity index is 1350. The normalized spacial score (nSPS) is 16.6. The van der Waals surface area contributed by atoms with E-state index in [1.165, 1.54) is 45.5 Å². The fourth-order valence-electron chi connectivity index (χ4n) is 4.30. The van der Waals surface area contributed by atoms with Crippen molar-refractivity contribution in [3.05, 3.63) is 82.1 Å². The zero-order chi connectivity index (χ0) is 26.7. The van der Waals surface area contributed by atoms with Crippen LogP contribution in [0.1, 0.15) is 22.7 Å². The van der Waals surface area contributed by atoms with Gasteiger partial charge in [0, 0.05) is 24.5 Å². The number of likely N-dealkylation sites (tertiary alicyclic amines) is 1. The summed E-state index contributed by atoms with van der Waals surface area (Å²) in [7, 11) is 5.84. The van der Waals surface area contributed by atoms with E-state index in [-0.39, 0.29) is 23.4 Å². The van der Waals surface area contributed by atoms with Crippen molar-refractivity contribution in [3.8, 4) is 23.0 Å². The molecule has 1 amide bonds. The van der Waals surface area contributed by atoms with Crippen LogP contribution < -0.4 is 18.9 Å². The van der Waals surface area contributed by atoms with E-state index in [2.05, 4.69) is 4.98 Å². The zero-order valence-electron chi connectivity index (χ0n) is 20.6. The average molecular weight is 525 g/mol. The number of carbonyl (C=O) groups is 2. The number of aromatic nitrogens is 1. The van der Waals surface area contributed by atoms with Crippen molar-refractivity contribution in [2.75, 3.05) is 28.4 Å². The number of hydrogen-bond donors (Lipinski definition) is 1. The topological polar surface area (TPSA) is 107 Å². The van der Waals surface area contributed by atoms with E-state index in [0.29, 0.717) is 39.1 Å². The number of halogens is 1. The minimum atomic E-state index is -0.976. The van der Waals surface area contributed by atoms with Crippen LogP contribution in [0.2, 0.25) is 5.02 Å². The Morgan fingerprint density at radius 2 is 1.65 bits per heavy atom. The van der Waals surface area contributed by atoms with E-state index in [0.717, 1.165) is 0 Å². The van der Waals surface area contributed by atoms with Crippen LogP contribution in [-0.2, 0) is 16.1 Å². The van der Waals surface area contributed by atoms with Gasteiger partial charge in [-0.05, 0) is 47.5 Å². The Hall–Kier alpha value is -4.24. The number of hydrogen-bond acceptors (Lipinski definition) is 8. The number of carbonyl (C=O) groups excluding carboxylic acids is 2. The summed E-state index contributed by atoms with van der Waals surface area (Å²) in [5.41, 5.74) is 1.33. The van der Waals surface area contributed by atoms with Crippen molar-refractivity contribution in [3.63, 3.8) is 0 Å². The number of aliphatic hydroxyl groups is 1. The van der Waals surface area contributed by atoms with Crippen molar-refractivity contribution in [2.24, 2.45) is 0 Å². The van der Waals surface area contributed by atoms with Crippen LogP contribution >= 0.6 is 11.6 Å². The van der Waals surface area contributed by atoms with Crippen LogP contribution in [0.25, 0.3) is 5.76 Å². The number of pyridine rings is 1. The average Bonchev–Trinajstić information content (AvgIpc) is 3.17. The maximum atomic E-state index is 13.4. The predicted octanol–water partition coefficient (Wildman–Crippen LogP) is 4.39. The fourth-order valence-corrected chi connectivity index (χ4v) is 4.49. The second kappa shape index (κ2) is 10.8. The Labute approximate surface area is 218 Å². The van der Waals surface area contributed by atoms with Gasteiger partial charge in [-0.2, -0.15) is 0 Å². The number of Topliss-reactive ketones (excluding diaryl/α,β-unsaturated/α-hetero) is 1. The lowest BCUT2D eigenvalue weighted by atomic mass is 9.94. The molecule has 1 fully saturated rings. The summed E-state index contributed by atoms with van der Waals surface area (Å²) in [5.74, 6) is -0.672. The van der Waals surface area contributed by atoms with E-state index in [1.807, 2.05) is 0 Å². The predicted molar refractivity (Wildman–Crippen MR) is 136 cm³/mol. The summed E-state index contributed by atoms with van der Waals surface area (Å²) >= 11 is 6.15. The largest absolute Gasteiger partial charge is 0.507 e. The highest BCUT2D eigenvalue weighted by molar-refractivity contribution is 6.46. The molecule has 1 unspecified atom stereocenters. The quantitative estimate of drug-likeness (QED) is 0.262. The van der Waals surface area contributed by atoms with Gasteiger partial charge in [-0.25, -0.2) is 0 Å². The number of methoxy groups -OCH3 is 4. The second-order valence-electron chi connectivity index (χ2n) is 8.10. The van der Waals surface area contributed by atoms with Gasteiger partial charge in [-0.15, -0.1) is 0 Å². The molecule has 1 saturated heterocycles. The maximum absolute atomic E-state index is 13.4. The van der Waals surface area contributed by atoms with E-state index in [1.54, 1.807) is 42.7 Å². The van der Waals surface area contributed by atoms with Gasteiger partial charge in [0.15, 0.2) is 11.5 Å². The highest BCUT2D eigenvalue weighted by Crippen LogP contribution is 2.46. The molecule has 2 aromatic carbocycles. The van der Waals surface area contributed by atoms with Crippen LogP contribution in [0, 0.1) is 0 Å². The van der Waals surface area contributed by atoms with Gasteiger partial charge in [0.1, 0.15) is 11.5 Å². The van der Waals surface area contributed by atoms with Crippen LogP contribution in [0.3, 0.4) is 0 Å². The Morgan fingerprint density at radius 3 is 2.22 bits per heavy atom. The summed E-state index contributed by atoms with van der Waals surface area (Å²) in [5, 5.41) is 11.7. The smallest absolute Gasteiger partial charge is 0.295 e. The van der Waals surface area contributed by atoms with Gasteiger partial charge >= 0.3 is 0 Å². The molecule has 3 aromatic rings. The van der Waals surface area contributed by atoms with Crippen molar-refractivity contribution in [1.29, 1.82) is 0 Å². The minimum Gasteiger partial charge on any atom is -0.507 e. The van der Waals surface area contributed by atoms with Crippen LogP contribution in [0.15, 0.2) is 60.4 Å². The number of ether oxygens (including phenoxy) is 4. The Morgan fingerprint density at radius 1 is 0.973 bits per heavy atom. The van der Waals surface area contributed by atoms with E-state index >= 15 is 0 Å². The lowest BCUT2D eigenvalue weighted by Crippen LogP contribution is -2.29. The summed E-state index contributed by atoms with van der Waals surface area (Å²) < 4.78 is 21.7. The first-order valence-electron chi connectivity index (χ1n) is 11.2. The third kappa shape index (κ3) is 4.77. The summed E-state index contributed by atoms with van der Waals surface area (Å²) in [6, 6.07) is 10.4. The molecule has 192 valence electrons. The fraction of sp³-hybridized carbons (Fsp3) is 0.222. The van der Waals surface area contributed by atoms with Gasteiger partial charge in [-0.1, -0.05) is 17.7 Å². The molecule has 0 saturated carbocycles. The molecule has 1 aromatic heterocycles. The molecule has 4 rings (SSSR count). The molecule has 37 heavy (non-hydrogen) atoms. The molecule has 0 spiro atoms. The first-order chi connectivity index (χ1) is 17.8. The highest BCUT2D eigenvalue weighted by atomic mass is 35.5. The van der Waals surface area contributed by atoms with Gasteiger partial charge in [0.25, 0.3) is 11.7 Å². The van der Waals surface area contributed by atoms with Crippen molar-refractivity contribution >= 4 is 29.1 Å². The number of amides is 1. The van der Waals surface area contributed by atoms with Crippen LogP contribution in [0.5, 0.6) is 23.0 Å². The van der Waals surface area contributed by atoms with Crippen LogP contribution in [-0.4, -0.2) is 55.1 Å². The molecule has 10 heteroatoms. The van der Waals surface area contributed by atoms with Crippen molar-refractivity contribution in [2.45, 2.75) is 12.6 Å². The standard InChI is InChI=1S/C27H25ClN2O7/c1-34-19-10-16(7-8-18(19)28)24(31)22-23(17-11-20(35-2)26(37-4)21(12-17)36-3)30(27(33)25(22)32)14-15-6-5-9-29-13-15/h5-13,23,31H,14H2,1-4H3/b24-22+. The molecule has 2 heterocycles. The third-order valence-electron chi connectivity index (χ3n) is 6.04. The second-order valence-corrected chi connectivity index (χ2v) is 8.50. The Balaban J connectivity index is 1.96. The first-order valence-corrected chi connectivity index (χ1v) is 11.5. The molecule has 1 aliphatic heterocycles. The molecule has 0 aliphatic carbocycles. The number of ketones is 1. The number of benzene rings is 2.